The van der Waals surface area contributed by atoms with Gasteiger partial charge in [-0.3, -0.25) is 0 Å². The summed E-state index contributed by atoms with van der Waals surface area (Å²) >= 11 is 0. The van der Waals surface area contributed by atoms with E-state index >= 15 is 0 Å². The molecule has 2 atom stereocenters. The molecule has 2 heteroatoms. The molecule has 0 unspecified atom stereocenters. The Hall–Kier alpha value is -1.33. The second-order valence-electron chi connectivity index (χ2n) is 4.36. The van der Waals surface area contributed by atoms with E-state index < -0.39 is 5.54 Å². The van der Waals surface area contributed by atoms with Gasteiger partial charge in [0.15, 0.2) is 0 Å². The first-order valence-electron chi connectivity index (χ1n) is 5.51. The number of nitrogens with zero attached hydrogens (tertiary/aromatic N) is 1. The minimum absolute atomic E-state index is 0.206. The van der Waals surface area contributed by atoms with E-state index in [-0.39, 0.29) is 5.92 Å². The first-order chi connectivity index (χ1) is 7.26. The topological polar surface area (TPSA) is 49.8 Å². The van der Waals surface area contributed by atoms with Crippen LogP contribution in [0.5, 0.6) is 0 Å². The zero-order valence-corrected chi connectivity index (χ0v) is 8.82. The molecule has 0 aliphatic heterocycles. The van der Waals surface area contributed by atoms with Crippen molar-refractivity contribution >= 4 is 0 Å². The third-order valence-corrected chi connectivity index (χ3v) is 3.37. The molecule has 0 amide bonds. The SMILES string of the molecule is N#C[C@]1(N)CCCC[C@@H]1c1ccccc1. The Morgan fingerprint density at radius 1 is 1.27 bits per heavy atom. The average Bonchev–Trinajstić information content (AvgIpc) is 2.31. The summed E-state index contributed by atoms with van der Waals surface area (Å²) < 4.78 is 0. The van der Waals surface area contributed by atoms with Gasteiger partial charge in [-0.2, -0.15) is 5.26 Å². The summed E-state index contributed by atoms with van der Waals surface area (Å²) in [5.41, 5.74) is 6.73. The van der Waals surface area contributed by atoms with E-state index in [2.05, 4.69) is 18.2 Å². The zero-order valence-electron chi connectivity index (χ0n) is 8.82. The van der Waals surface area contributed by atoms with Crippen molar-refractivity contribution < 1.29 is 0 Å². The molecule has 1 aromatic carbocycles. The molecule has 2 rings (SSSR count). The van der Waals surface area contributed by atoms with Gasteiger partial charge in [0.1, 0.15) is 5.54 Å². The molecule has 0 radical (unpaired) electrons. The number of hydrogen-bond donors (Lipinski definition) is 1. The average molecular weight is 200 g/mol. The monoisotopic (exact) mass is 200 g/mol. The number of nitriles is 1. The molecule has 15 heavy (non-hydrogen) atoms. The summed E-state index contributed by atoms with van der Waals surface area (Å²) in [6.45, 7) is 0. The quantitative estimate of drug-likeness (QED) is 0.757. The molecule has 2 nitrogen and oxygen atoms in total. The molecule has 78 valence electrons. The van der Waals surface area contributed by atoms with Gasteiger partial charge in [-0.1, -0.05) is 43.2 Å². The van der Waals surface area contributed by atoms with Crippen LogP contribution in [0.3, 0.4) is 0 Å². The maximum atomic E-state index is 9.21. The van der Waals surface area contributed by atoms with Crippen molar-refractivity contribution in [3.05, 3.63) is 35.9 Å². The van der Waals surface area contributed by atoms with Crippen LogP contribution >= 0.6 is 0 Å². The molecule has 0 saturated heterocycles. The van der Waals surface area contributed by atoms with E-state index in [0.717, 1.165) is 19.3 Å². The van der Waals surface area contributed by atoms with Crippen LogP contribution in [-0.4, -0.2) is 5.54 Å². The molecule has 2 N–H and O–H groups in total. The number of nitrogens with two attached hydrogens (primary N) is 1. The van der Waals surface area contributed by atoms with Crippen LogP contribution in [0.1, 0.15) is 37.2 Å². The lowest BCUT2D eigenvalue weighted by atomic mass is 9.71. The third kappa shape index (κ3) is 1.88. The van der Waals surface area contributed by atoms with Crippen LogP contribution in [0.2, 0.25) is 0 Å². The predicted octanol–water partition coefficient (Wildman–Crippen LogP) is 2.57. The van der Waals surface area contributed by atoms with Gasteiger partial charge in [0.2, 0.25) is 0 Å². The third-order valence-electron chi connectivity index (χ3n) is 3.37. The molecule has 0 bridgehead atoms. The zero-order chi connectivity index (χ0) is 10.7. The Bertz CT molecular complexity index is 366. The van der Waals surface area contributed by atoms with E-state index in [0.29, 0.717) is 0 Å². The Morgan fingerprint density at radius 2 is 2.00 bits per heavy atom. The highest BCUT2D eigenvalue weighted by Crippen LogP contribution is 2.38. The molecule has 1 saturated carbocycles. The molecular weight excluding hydrogens is 184 g/mol. The van der Waals surface area contributed by atoms with Gasteiger partial charge in [-0.15, -0.1) is 0 Å². The maximum absolute atomic E-state index is 9.21. The molecule has 0 heterocycles. The fourth-order valence-corrected chi connectivity index (χ4v) is 2.48. The summed E-state index contributed by atoms with van der Waals surface area (Å²) in [7, 11) is 0. The summed E-state index contributed by atoms with van der Waals surface area (Å²) in [6.07, 6.45) is 4.12. The number of benzene rings is 1. The lowest BCUT2D eigenvalue weighted by Gasteiger charge is -2.36. The molecule has 1 aliphatic carbocycles. The maximum Gasteiger partial charge on any atom is 0.111 e. The lowest BCUT2D eigenvalue weighted by Crippen LogP contribution is -2.46. The van der Waals surface area contributed by atoms with Gasteiger partial charge in [-0.25, -0.2) is 0 Å². The molecule has 1 aromatic rings. The summed E-state index contributed by atoms with van der Waals surface area (Å²) in [4.78, 5) is 0. The molecule has 1 aliphatic rings. The normalized spacial score (nSPS) is 30.8. The molecule has 0 spiro atoms. The standard InChI is InChI=1S/C13H16N2/c14-10-13(15)9-5-4-8-12(13)11-6-2-1-3-7-11/h1-3,6-7,12H,4-5,8-9,15H2/t12-,13-/m1/s1. The fourth-order valence-electron chi connectivity index (χ4n) is 2.48. The molecule has 0 aromatic heterocycles. The van der Waals surface area contributed by atoms with Gasteiger partial charge < -0.3 is 5.73 Å². The van der Waals surface area contributed by atoms with E-state index in [1.54, 1.807) is 0 Å². The van der Waals surface area contributed by atoms with Crippen molar-refractivity contribution in [2.24, 2.45) is 5.73 Å². The predicted molar refractivity (Wildman–Crippen MR) is 60.2 cm³/mol. The van der Waals surface area contributed by atoms with Crippen molar-refractivity contribution in [3.8, 4) is 6.07 Å². The van der Waals surface area contributed by atoms with Crippen LogP contribution in [-0.2, 0) is 0 Å². The Kier molecular flexibility index (Phi) is 2.75. The number of rotatable bonds is 1. The van der Waals surface area contributed by atoms with E-state index in [9.17, 15) is 5.26 Å². The minimum atomic E-state index is -0.653. The van der Waals surface area contributed by atoms with Crippen LogP contribution in [0.25, 0.3) is 0 Å². The lowest BCUT2D eigenvalue weighted by molar-refractivity contribution is 0.315. The minimum Gasteiger partial charge on any atom is -0.313 e. The summed E-state index contributed by atoms with van der Waals surface area (Å²) in [5, 5.41) is 9.21. The Balaban J connectivity index is 2.31. The van der Waals surface area contributed by atoms with Gasteiger partial charge >= 0.3 is 0 Å². The second kappa shape index (κ2) is 4.04. The van der Waals surface area contributed by atoms with Gasteiger partial charge in [0, 0.05) is 5.92 Å². The molecular formula is C13H16N2. The van der Waals surface area contributed by atoms with Crippen LogP contribution in [0.15, 0.2) is 30.3 Å². The number of hydrogen-bond acceptors (Lipinski definition) is 2. The van der Waals surface area contributed by atoms with E-state index in [1.165, 1.54) is 12.0 Å². The highest BCUT2D eigenvalue weighted by atomic mass is 14.8. The smallest absolute Gasteiger partial charge is 0.111 e. The van der Waals surface area contributed by atoms with Crippen molar-refractivity contribution in [3.63, 3.8) is 0 Å². The van der Waals surface area contributed by atoms with Crippen LogP contribution in [0.4, 0.5) is 0 Å². The summed E-state index contributed by atoms with van der Waals surface area (Å²) in [5.74, 6) is 0.206. The Labute approximate surface area is 90.7 Å². The van der Waals surface area contributed by atoms with Gasteiger partial charge in [0.05, 0.1) is 6.07 Å². The van der Waals surface area contributed by atoms with E-state index in [1.807, 2.05) is 18.2 Å². The first-order valence-corrected chi connectivity index (χ1v) is 5.51. The molecule has 1 fully saturated rings. The van der Waals surface area contributed by atoms with Crippen molar-refractivity contribution in [1.29, 1.82) is 5.26 Å². The van der Waals surface area contributed by atoms with E-state index in [4.69, 9.17) is 5.73 Å². The fraction of sp³-hybridized carbons (Fsp3) is 0.462. The van der Waals surface area contributed by atoms with Crippen molar-refractivity contribution in [2.45, 2.75) is 37.1 Å². The van der Waals surface area contributed by atoms with Crippen molar-refractivity contribution in [1.82, 2.24) is 0 Å². The highest BCUT2D eigenvalue weighted by molar-refractivity contribution is 5.29. The Morgan fingerprint density at radius 3 is 2.67 bits per heavy atom. The van der Waals surface area contributed by atoms with Crippen molar-refractivity contribution in [2.75, 3.05) is 0 Å². The van der Waals surface area contributed by atoms with Gasteiger partial charge in [-0.05, 0) is 18.4 Å². The highest BCUT2D eigenvalue weighted by Gasteiger charge is 2.38. The van der Waals surface area contributed by atoms with Crippen LogP contribution in [0, 0.1) is 11.3 Å². The summed E-state index contributed by atoms with van der Waals surface area (Å²) in [6, 6.07) is 12.5. The van der Waals surface area contributed by atoms with Gasteiger partial charge in [0.25, 0.3) is 0 Å². The largest absolute Gasteiger partial charge is 0.313 e. The van der Waals surface area contributed by atoms with Crippen LogP contribution < -0.4 is 5.73 Å². The second-order valence-corrected chi connectivity index (χ2v) is 4.36. The first kappa shape index (κ1) is 10.2.